The lowest BCUT2D eigenvalue weighted by Gasteiger charge is -2.12. The Kier molecular flexibility index (Phi) is 6.21. The van der Waals surface area contributed by atoms with E-state index in [2.05, 4.69) is 15.4 Å². The maximum absolute atomic E-state index is 11.6. The van der Waals surface area contributed by atoms with Crippen LogP contribution in [-0.2, 0) is 9.53 Å². The molecule has 0 saturated carbocycles. The minimum atomic E-state index is -0.489. The average molecular weight is 270 g/mol. The van der Waals surface area contributed by atoms with Crippen LogP contribution in [0.25, 0.3) is 0 Å². The molecule has 1 heterocycles. The minimum absolute atomic E-state index is 0.0000864. The lowest BCUT2D eigenvalue weighted by Crippen LogP contribution is -2.32. The number of amides is 2. The predicted octanol–water partition coefficient (Wildman–Crippen LogP) is 2.06. The smallest absolute Gasteiger partial charge is 0.407 e. The fourth-order valence-electron chi connectivity index (χ4n) is 1.38. The first-order valence-corrected chi connectivity index (χ1v) is 6.74. The number of thiophene rings is 1. The summed E-state index contributed by atoms with van der Waals surface area (Å²) in [5, 5.41) is 7.34. The summed E-state index contributed by atoms with van der Waals surface area (Å²) < 4.78 is 4.68. The Balaban J connectivity index is 2.20. The summed E-state index contributed by atoms with van der Waals surface area (Å²) in [5.74, 6) is -0.0901. The van der Waals surface area contributed by atoms with Gasteiger partial charge in [0, 0.05) is 17.8 Å². The number of hydrogen-bond donors (Lipinski definition) is 2. The molecule has 1 aromatic heterocycles. The largest absolute Gasteiger partial charge is 0.450 e. The van der Waals surface area contributed by atoms with E-state index in [0.29, 0.717) is 6.61 Å². The van der Waals surface area contributed by atoms with Crippen LogP contribution in [-0.4, -0.2) is 25.2 Å². The van der Waals surface area contributed by atoms with Crippen LogP contribution in [0.2, 0.25) is 0 Å². The highest BCUT2D eigenvalue weighted by molar-refractivity contribution is 7.10. The molecule has 0 aliphatic carbocycles. The van der Waals surface area contributed by atoms with Crippen LogP contribution in [0.1, 0.15) is 31.2 Å². The highest BCUT2D eigenvalue weighted by Crippen LogP contribution is 2.17. The zero-order valence-corrected chi connectivity index (χ0v) is 11.4. The number of alkyl carbamates (subject to hydrolysis) is 1. The number of rotatable bonds is 6. The van der Waals surface area contributed by atoms with Gasteiger partial charge in [-0.25, -0.2) is 4.79 Å². The van der Waals surface area contributed by atoms with E-state index in [1.807, 2.05) is 24.4 Å². The first-order valence-electron chi connectivity index (χ1n) is 5.87. The Labute approximate surface area is 111 Å². The fraction of sp³-hybridized carbons (Fsp3) is 0.500. The third kappa shape index (κ3) is 5.18. The third-order valence-corrected chi connectivity index (χ3v) is 3.30. The van der Waals surface area contributed by atoms with Gasteiger partial charge in [-0.15, -0.1) is 11.3 Å². The molecule has 100 valence electrons. The molecular formula is C12H18N2O3S. The van der Waals surface area contributed by atoms with Crippen molar-refractivity contribution in [2.24, 2.45) is 0 Å². The summed E-state index contributed by atoms with van der Waals surface area (Å²) in [4.78, 5) is 23.7. The molecule has 1 atom stereocenters. The normalized spacial score (nSPS) is 11.7. The van der Waals surface area contributed by atoms with Gasteiger partial charge in [0.1, 0.15) is 0 Å². The predicted molar refractivity (Wildman–Crippen MR) is 70.5 cm³/mol. The molecule has 2 amide bonds. The molecule has 2 N–H and O–H groups in total. The molecule has 0 aliphatic heterocycles. The van der Waals surface area contributed by atoms with Crippen molar-refractivity contribution in [3.8, 4) is 0 Å². The average Bonchev–Trinajstić information content (AvgIpc) is 2.82. The van der Waals surface area contributed by atoms with Crippen molar-refractivity contribution in [2.45, 2.75) is 26.3 Å². The standard InChI is InChI=1S/C12H18N2O3S/c1-3-17-12(16)13-7-6-11(15)14-9(2)10-5-4-8-18-10/h4-5,8-9H,3,6-7H2,1-2H3,(H,13,16)(H,14,15). The molecule has 1 aromatic rings. The molecule has 0 aromatic carbocycles. The molecule has 5 nitrogen and oxygen atoms in total. The van der Waals surface area contributed by atoms with E-state index in [0.717, 1.165) is 4.88 Å². The number of ether oxygens (including phenoxy) is 1. The second kappa shape index (κ2) is 7.71. The Morgan fingerprint density at radius 2 is 2.28 bits per heavy atom. The van der Waals surface area contributed by atoms with E-state index in [1.54, 1.807) is 18.3 Å². The van der Waals surface area contributed by atoms with Crippen molar-refractivity contribution in [1.29, 1.82) is 0 Å². The molecule has 0 fully saturated rings. The van der Waals surface area contributed by atoms with E-state index in [1.165, 1.54) is 0 Å². The van der Waals surface area contributed by atoms with E-state index in [-0.39, 0.29) is 24.9 Å². The highest BCUT2D eigenvalue weighted by atomic mass is 32.1. The first-order chi connectivity index (χ1) is 8.63. The van der Waals surface area contributed by atoms with Gasteiger partial charge in [0.2, 0.25) is 5.91 Å². The van der Waals surface area contributed by atoms with Gasteiger partial charge < -0.3 is 15.4 Å². The van der Waals surface area contributed by atoms with Crippen molar-refractivity contribution >= 4 is 23.3 Å². The van der Waals surface area contributed by atoms with E-state index >= 15 is 0 Å². The molecular weight excluding hydrogens is 252 g/mol. The van der Waals surface area contributed by atoms with Crippen LogP contribution >= 0.6 is 11.3 Å². The van der Waals surface area contributed by atoms with E-state index < -0.39 is 6.09 Å². The van der Waals surface area contributed by atoms with Crippen molar-refractivity contribution < 1.29 is 14.3 Å². The molecule has 1 unspecified atom stereocenters. The van der Waals surface area contributed by atoms with Gasteiger partial charge in [0.05, 0.1) is 12.6 Å². The number of carbonyl (C=O) groups is 2. The molecule has 6 heteroatoms. The van der Waals surface area contributed by atoms with E-state index in [9.17, 15) is 9.59 Å². The summed E-state index contributed by atoms with van der Waals surface area (Å²) in [5.41, 5.74) is 0. The molecule has 0 aliphatic rings. The molecule has 18 heavy (non-hydrogen) atoms. The van der Waals surface area contributed by atoms with Crippen LogP contribution in [0.15, 0.2) is 17.5 Å². The van der Waals surface area contributed by atoms with Gasteiger partial charge in [-0.1, -0.05) is 6.07 Å². The third-order valence-electron chi connectivity index (χ3n) is 2.24. The number of carbonyl (C=O) groups excluding carboxylic acids is 2. The van der Waals surface area contributed by atoms with Crippen LogP contribution in [0.4, 0.5) is 4.79 Å². The summed E-state index contributed by atoms with van der Waals surface area (Å²) in [6.07, 6.45) is -0.245. The van der Waals surface area contributed by atoms with Crippen LogP contribution in [0.3, 0.4) is 0 Å². The first kappa shape index (κ1) is 14.5. The Hall–Kier alpha value is -1.56. The van der Waals surface area contributed by atoms with Crippen molar-refractivity contribution in [1.82, 2.24) is 10.6 Å². The fourth-order valence-corrected chi connectivity index (χ4v) is 2.12. The highest BCUT2D eigenvalue weighted by Gasteiger charge is 2.10. The molecule has 1 rings (SSSR count). The second-order valence-corrected chi connectivity index (χ2v) is 4.68. The molecule has 0 radical (unpaired) electrons. The number of nitrogens with one attached hydrogen (secondary N) is 2. The maximum Gasteiger partial charge on any atom is 0.407 e. The molecule has 0 saturated heterocycles. The van der Waals surface area contributed by atoms with Gasteiger partial charge >= 0.3 is 6.09 Å². The van der Waals surface area contributed by atoms with Crippen LogP contribution in [0, 0.1) is 0 Å². The van der Waals surface area contributed by atoms with E-state index in [4.69, 9.17) is 0 Å². The summed E-state index contributed by atoms with van der Waals surface area (Å²) in [6, 6.07) is 3.93. The lowest BCUT2D eigenvalue weighted by atomic mass is 10.2. The minimum Gasteiger partial charge on any atom is -0.450 e. The van der Waals surface area contributed by atoms with Crippen LogP contribution < -0.4 is 10.6 Å². The lowest BCUT2D eigenvalue weighted by molar-refractivity contribution is -0.121. The monoisotopic (exact) mass is 270 g/mol. The molecule has 0 spiro atoms. The Morgan fingerprint density at radius 1 is 1.50 bits per heavy atom. The van der Waals surface area contributed by atoms with Crippen LogP contribution in [0.5, 0.6) is 0 Å². The second-order valence-electron chi connectivity index (χ2n) is 3.70. The van der Waals surface area contributed by atoms with Gasteiger partial charge in [0.25, 0.3) is 0 Å². The Bertz CT molecular complexity index is 379. The van der Waals surface area contributed by atoms with Crippen molar-refractivity contribution in [3.63, 3.8) is 0 Å². The van der Waals surface area contributed by atoms with Crippen molar-refractivity contribution in [3.05, 3.63) is 22.4 Å². The van der Waals surface area contributed by atoms with Gasteiger partial charge in [-0.05, 0) is 25.3 Å². The Morgan fingerprint density at radius 3 is 2.89 bits per heavy atom. The molecule has 0 bridgehead atoms. The zero-order chi connectivity index (χ0) is 13.4. The topological polar surface area (TPSA) is 67.4 Å². The summed E-state index contributed by atoms with van der Waals surface area (Å²) in [7, 11) is 0. The summed E-state index contributed by atoms with van der Waals surface area (Å²) >= 11 is 1.60. The zero-order valence-electron chi connectivity index (χ0n) is 10.6. The van der Waals surface area contributed by atoms with Gasteiger partial charge in [0.15, 0.2) is 0 Å². The van der Waals surface area contributed by atoms with Crippen molar-refractivity contribution in [2.75, 3.05) is 13.2 Å². The SMILES string of the molecule is CCOC(=O)NCCC(=O)NC(C)c1cccs1. The quantitative estimate of drug-likeness (QED) is 0.831. The van der Waals surface area contributed by atoms with Gasteiger partial charge in [-0.2, -0.15) is 0 Å². The maximum atomic E-state index is 11.6. The number of hydrogen-bond acceptors (Lipinski definition) is 4. The van der Waals surface area contributed by atoms with Gasteiger partial charge in [-0.3, -0.25) is 4.79 Å². The summed E-state index contributed by atoms with van der Waals surface area (Å²) in [6.45, 7) is 4.27.